The second kappa shape index (κ2) is 5.08. The van der Waals surface area contributed by atoms with Crippen molar-refractivity contribution in [3.8, 4) is 0 Å². The van der Waals surface area contributed by atoms with Gasteiger partial charge in [0.25, 0.3) is 5.91 Å². The fourth-order valence-corrected chi connectivity index (χ4v) is 1.18. The predicted octanol–water partition coefficient (Wildman–Crippen LogP) is 3.74. The van der Waals surface area contributed by atoms with Gasteiger partial charge >= 0.3 is 0 Å². The minimum Gasteiger partial charge on any atom is -0.324 e. The molecule has 1 rings (SSSR count). The predicted molar refractivity (Wildman–Crippen MR) is 60.6 cm³/mol. The van der Waals surface area contributed by atoms with Gasteiger partial charge in [-0.2, -0.15) is 0 Å². The third-order valence-electron chi connectivity index (χ3n) is 1.39. The molecule has 1 amide bonds. The van der Waals surface area contributed by atoms with Crippen molar-refractivity contribution < 1.29 is 4.79 Å². The van der Waals surface area contributed by atoms with Gasteiger partial charge in [0.1, 0.15) is 0 Å². The molecular formula is C8H5Cl4NO. The first-order chi connectivity index (χ1) is 6.50. The summed E-state index contributed by atoms with van der Waals surface area (Å²) in [7, 11) is 0. The molecule has 0 bridgehead atoms. The first kappa shape index (κ1) is 11.9. The van der Waals surface area contributed by atoms with Crippen molar-refractivity contribution in [1.29, 1.82) is 0 Å². The fourth-order valence-electron chi connectivity index (χ4n) is 0.771. The van der Waals surface area contributed by atoms with E-state index < -0.39 is 10.7 Å². The number of carbonyl (C=O) groups is 1. The van der Waals surface area contributed by atoms with E-state index in [4.69, 9.17) is 46.4 Å². The van der Waals surface area contributed by atoms with Crippen molar-refractivity contribution in [2.45, 2.75) is 4.84 Å². The van der Waals surface area contributed by atoms with Gasteiger partial charge in [-0.3, -0.25) is 4.79 Å². The third-order valence-corrected chi connectivity index (χ3v) is 2.52. The summed E-state index contributed by atoms with van der Waals surface area (Å²) < 4.78 is 0. The Hall–Kier alpha value is -0.150. The Morgan fingerprint density at radius 3 is 2.36 bits per heavy atom. The number of nitrogens with one attached hydrogen (secondary N) is 1. The maximum atomic E-state index is 11.1. The molecule has 0 atom stereocenters. The molecule has 0 aliphatic heterocycles. The maximum absolute atomic E-state index is 11.1. The van der Waals surface area contributed by atoms with E-state index in [0.717, 1.165) is 0 Å². The summed E-state index contributed by atoms with van der Waals surface area (Å²) in [6.07, 6.45) is 0. The van der Waals surface area contributed by atoms with Crippen LogP contribution in [0.25, 0.3) is 0 Å². The molecule has 0 fully saturated rings. The highest BCUT2D eigenvalue weighted by atomic mass is 35.5. The molecule has 6 heteroatoms. The zero-order valence-corrected chi connectivity index (χ0v) is 9.75. The average Bonchev–Trinajstić information content (AvgIpc) is 2.11. The smallest absolute Gasteiger partial charge is 0.257 e. The van der Waals surface area contributed by atoms with E-state index in [1.807, 2.05) is 0 Å². The lowest BCUT2D eigenvalue weighted by Crippen LogP contribution is -2.18. The number of anilines is 1. The lowest BCUT2D eigenvalue weighted by Gasteiger charge is -2.06. The molecule has 14 heavy (non-hydrogen) atoms. The molecule has 2 nitrogen and oxygen atoms in total. The van der Waals surface area contributed by atoms with E-state index in [9.17, 15) is 4.79 Å². The summed E-state index contributed by atoms with van der Waals surface area (Å²) in [6.45, 7) is 0. The number of carbonyl (C=O) groups excluding carboxylic acids is 1. The second-order valence-corrected chi connectivity index (χ2v) is 4.33. The van der Waals surface area contributed by atoms with Crippen molar-refractivity contribution in [2.75, 3.05) is 5.32 Å². The number of amides is 1. The Morgan fingerprint density at radius 2 is 1.86 bits per heavy atom. The summed E-state index contributed by atoms with van der Waals surface area (Å²) in [5, 5.41) is 3.23. The van der Waals surface area contributed by atoms with Gasteiger partial charge in [0.05, 0.1) is 10.0 Å². The highest BCUT2D eigenvalue weighted by Gasteiger charge is 2.11. The molecule has 0 aliphatic carbocycles. The first-order valence-corrected chi connectivity index (χ1v) is 5.17. The Balaban J connectivity index is 2.78. The number of alkyl halides is 2. The SMILES string of the molecule is O=C(Nc1ccc(Cl)c(Cl)c1)C(Cl)Cl. The minimum atomic E-state index is -1.11. The molecular weight excluding hydrogens is 268 g/mol. The van der Waals surface area contributed by atoms with Crippen LogP contribution in [0.15, 0.2) is 18.2 Å². The maximum Gasteiger partial charge on any atom is 0.257 e. The summed E-state index contributed by atoms with van der Waals surface area (Å²) in [5.74, 6) is -0.508. The lowest BCUT2D eigenvalue weighted by atomic mass is 10.3. The van der Waals surface area contributed by atoms with Gasteiger partial charge in [-0.25, -0.2) is 0 Å². The van der Waals surface area contributed by atoms with Gasteiger partial charge in [-0.1, -0.05) is 46.4 Å². The molecule has 0 spiro atoms. The molecule has 76 valence electrons. The Kier molecular flexibility index (Phi) is 4.32. The van der Waals surface area contributed by atoms with Gasteiger partial charge in [-0.05, 0) is 18.2 Å². The Bertz CT molecular complexity index is 353. The lowest BCUT2D eigenvalue weighted by molar-refractivity contribution is -0.114. The number of halogens is 4. The van der Waals surface area contributed by atoms with Crippen LogP contribution in [0.2, 0.25) is 10.0 Å². The normalized spacial score (nSPS) is 10.4. The third kappa shape index (κ3) is 3.21. The molecule has 0 aromatic heterocycles. The van der Waals surface area contributed by atoms with Crippen LogP contribution in [-0.4, -0.2) is 10.7 Å². The number of hydrogen-bond acceptors (Lipinski definition) is 1. The second-order valence-electron chi connectivity index (χ2n) is 2.42. The Labute approximate surface area is 101 Å². The fraction of sp³-hybridized carbons (Fsp3) is 0.125. The van der Waals surface area contributed by atoms with Crippen molar-refractivity contribution >= 4 is 58.0 Å². The highest BCUT2D eigenvalue weighted by molar-refractivity contribution is 6.54. The molecule has 1 aromatic rings. The quantitative estimate of drug-likeness (QED) is 0.817. The largest absolute Gasteiger partial charge is 0.324 e. The molecule has 0 saturated carbocycles. The summed E-state index contributed by atoms with van der Waals surface area (Å²) in [4.78, 5) is 9.95. The molecule has 0 aliphatic rings. The molecule has 0 unspecified atom stereocenters. The summed E-state index contributed by atoms with van der Waals surface area (Å²) in [5.41, 5.74) is 0.496. The molecule has 1 N–H and O–H groups in total. The molecule has 0 radical (unpaired) electrons. The van der Waals surface area contributed by atoms with Crippen molar-refractivity contribution in [3.05, 3.63) is 28.2 Å². The number of rotatable bonds is 2. The van der Waals surface area contributed by atoms with E-state index in [2.05, 4.69) is 5.32 Å². The van der Waals surface area contributed by atoms with Crippen LogP contribution < -0.4 is 5.32 Å². The first-order valence-electron chi connectivity index (χ1n) is 3.55. The average molecular weight is 273 g/mol. The van der Waals surface area contributed by atoms with Gasteiger partial charge in [0, 0.05) is 5.69 Å². The van der Waals surface area contributed by atoms with E-state index in [1.165, 1.54) is 6.07 Å². The van der Waals surface area contributed by atoms with Gasteiger partial charge < -0.3 is 5.32 Å². The molecule has 0 heterocycles. The van der Waals surface area contributed by atoms with Crippen molar-refractivity contribution in [3.63, 3.8) is 0 Å². The van der Waals surface area contributed by atoms with Crippen LogP contribution in [0.1, 0.15) is 0 Å². The number of hydrogen-bond donors (Lipinski definition) is 1. The van der Waals surface area contributed by atoms with Gasteiger partial charge in [0.2, 0.25) is 0 Å². The standard InChI is InChI=1S/C8H5Cl4NO/c9-5-2-1-4(3-6(5)10)13-8(14)7(11)12/h1-3,7H,(H,13,14). The van der Waals surface area contributed by atoms with Crippen LogP contribution in [0.3, 0.4) is 0 Å². The van der Waals surface area contributed by atoms with Crippen LogP contribution in [-0.2, 0) is 4.79 Å². The van der Waals surface area contributed by atoms with Gasteiger partial charge in [0.15, 0.2) is 4.84 Å². The van der Waals surface area contributed by atoms with Crippen LogP contribution >= 0.6 is 46.4 Å². The highest BCUT2D eigenvalue weighted by Crippen LogP contribution is 2.25. The topological polar surface area (TPSA) is 29.1 Å². The molecule has 1 aromatic carbocycles. The zero-order valence-electron chi connectivity index (χ0n) is 6.73. The van der Waals surface area contributed by atoms with E-state index >= 15 is 0 Å². The van der Waals surface area contributed by atoms with E-state index in [1.54, 1.807) is 12.1 Å². The van der Waals surface area contributed by atoms with Crippen LogP contribution in [0, 0.1) is 0 Å². The summed E-state index contributed by atoms with van der Waals surface area (Å²) in [6, 6.07) is 4.68. The Morgan fingerprint density at radius 1 is 1.21 bits per heavy atom. The van der Waals surface area contributed by atoms with Crippen LogP contribution in [0.4, 0.5) is 5.69 Å². The van der Waals surface area contributed by atoms with E-state index in [-0.39, 0.29) is 0 Å². The molecule has 0 saturated heterocycles. The summed E-state index contributed by atoms with van der Waals surface area (Å²) >= 11 is 22.1. The zero-order chi connectivity index (χ0) is 10.7. The van der Waals surface area contributed by atoms with Crippen LogP contribution in [0.5, 0.6) is 0 Å². The van der Waals surface area contributed by atoms with Crippen molar-refractivity contribution in [1.82, 2.24) is 0 Å². The monoisotopic (exact) mass is 271 g/mol. The van der Waals surface area contributed by atoms with E-state index in [0.29, 0.717) is 15.7 Å². The van der Waals surface area contributed by atoms with Gasteiger partial charge in [-0.15, -0.1) is 0 Å². The number of benzene rings is 1. The minimum absolute atomic E-state index is 0.352. The van der Waals surface area contributed by atoms with Crippen molar-refractivity contribution in [2.24, 2.45) is 0 Å².